The van der Waals surface area contributed by atoms with Gasteiger partial charge in [0.1, 0.15) is 9.84 Å². The first-order chi connectivity index (χ1) is 4.97. The Morgan fingerprint density at radius 2 is 1.92 bits per heavy atom. The molecule has 74 valence electrons. The van der Waals surface area contributed by atoms with Crippen LogP contribution < -0.4 is 5.73 Å². The summed E-state index contributed by atoms with van der Waals surface area (Å²) in [6.07, 6.45) is 4.23. The Morgan fingerprint density at radius 1 is 1.42 bits per heavy atom. The second-order valence-corrected chi connectivity index (χ2v) is 5.75. The van der Waals surface area contributed by atoms with E-state index in [2.05, 4.69) is 0 Å². The molecule has 1 aliphatic carbocycles. The minimum absolute atomic E-state index is 0. The molecule has 0 aliphatic heterocycles. The SMILES string of the molecule is CS(=O)(=O)CC1(CCN)CC1.Cl. The van der Waals surface area contributed by atoms with E-state index in [1.54, 1.807) is 0 Å². The quantitative estimate of drug-likeness (QED) is 0.744. The van der Waals surface area contributed by atoms with Crippen molar-refractivity contribution in [3.63, 3.8) is 0 Å². The monoisotopic (exact) mass is 213 g/mol. The highest BCUT2D eigenvalue weighted by molar-refractivity contribution is 7.90. The van der Waals surface area contributed by atoms with E-state index in [1.165, 1.54) is 6.26 Å². The van der Waals surface area contributed by atoms with Crippen LogP contribution >= 0.6 is 12.4 Å². The molecule has 0 aromatic rings. The molecule has 0 heterocycles. The zero-order valence-electron chi connectivity index (χ0n) is 7.25. The lowest BCUT2D eigenvalue weighted by atomic mass is 10.1. The molecule has 3 nitrogen and oxygen atoms in total. The van der Waals surface area contributed by atoms with Gasteiger partial charge < -0.3 is 5.73 Å². The lowest BCUT2D eigenvalue weighted by molar-refractivity contribution is 0.513. The van der Waals surface area contributed by atoms with Crippen LogP contribution in [0.4, 0.5) is 0 Å². The maximum absolute atomic E-state index is 10.9. The molecule has 0 radical (unpaired) electrons. The van der Waals surface area contributed by atoms with Gasteiger partial charge >= 0.3 is 0 Å². The number of halogens is 1. The van der Waals surface area contributed by atoms with Crippen molar-refractivity contribution < 1.29 is 8.42 Å². The molecule has 0 bridgehead atoms. The van der Waals surface area contributed by atoms with Gasteiger partial charge in [0.05, 0.1) is 5.75 Å². The minimum Gasteiger partial charge on any atom is -0.330 e. The summed E-state index contributed by atoms with van der Waals surface area (Å²) in [6.45, 7) is 0.607. The molecule has 12 heavy (non-hydrogen) atoms. The molecule has 0 aromatic heterocycles. The summed E-state index contributed by atoms with van der Waals surface area (Å²) in [7, 11) is -2.80. The third kappa shape index (κ3) is 3.74. The smallest absolute Gasteiger partial charge is 0.148 e. The third-order valence-corrected chi connectivity index (χ3v) is 3.34. The molecule has 1 fully saturated rings. The highest BCUT2D eigenvalue weighted by Gasteiger charge is 2.43. The van der Waals surface area contributed by atoms with E-state index in [4.69, 9.17) is 5.73 Å². The van der Waals surface area contributed by atoms with Crippen molar-refractivity contribution in [1.29, 1.82) is 0 Å². The Balaban J connectivity index is 0.00000121. The summed E-state index contributed by atoms with van der Waals surface area (Å²) in [4.78, 5) is 0. The Hall–Kier alpha value is 0.200. The molecule has 0 amide bonds. The standard InChI is InChI=1S/C7H15NO2S.ClH/c1-11(9,10)6-7(2-3-7)4-5-8;/h2-6,8H2,1H3;1H. The van der Waals surface area contributed by atoms with Crippen LogP contribution in [-0.2, 0) is 9.84 Å². The van der Waals surface area contributed by atoms with Gasteiger partial charge in [-0.3, -0.25) is 0 Å². The van der Waals surface area contributed by atoms with Crippen molar-refractivity contribution in [2.24, 2.45) is 11.1 Å². The molecule has 2 N–H and O–H groups in total. The number of nitrogens with two attached hydrogens (primary N) is 1. The average molecular weight is 214 g/mol. The predicted octanol–water partition coefficient (Wildman–Crippen LogP) is 0.582. The number of sulfone groups is 1. The number of rotatable bonds is 4. The van der Waals surface area contributed by atoms with Crippen LogP contribution in [0.25, 0.3) is 0 Å². The van der Waals surface area contributed by atoms with Gasteiger partial charge in [-0.05, 0) is 31.2 Å². The molecule has 1 aliphatic rings. The van der Waals surface area contributed by atoms with Crippen LogP contribution in [-0.4, -0.2) is 27.0 Å². The zero-order chi connectivity index (χ0) is 8.54. The lowest BCUT2D eigenvalue weighted by Crippen LogP contribution is -2.19. The largest absolute Gasteiger partial charge is 0.330 e. The van der Waals surface area contributed by atoms with Gasteiger partial charge in [-0.25, -0.2) is 8.42 Å². The molecule has 1 rings (SSSR count). The van der Waals surface area contributed by atoms with Gasteiger partial charge in [-0.2, -0.15) is 0 Å². The van der Waals surface area contributed by atoms with Crippen LogP contribution in [0.5, 0.6) is 0 Å². The summed E-state index contributed by atoms with van der Waals surface area (Å²) in [5.74, 6) is 0.331. The summed E-state index contributed by atoms with van der Waals surface area (Å²) in [6, 6.07) is 0. The fraction of sp³-hybridized carbons (Fsp3) is 1.00. The van der Waals surface area contributed by atoms with Gasteiger partial charge in [0.15, 0.2) is 0 Å². The molecular weight excluding hydrogens is 198 g/mol. The first kappa shape index (κ1) is 12.2. The lowest BCUT2D eigenvalue weighted by Gasteiger charge is -2.10. The highest BCUT2D eigenvalue weighted by atomic mass is 35.5. The Morgan fingerprint density at radius 3 is 2.17 bits per heavy atom. The van der Waals surface area contributed by atoms with Gasteiger partial charge in [0, 0.05) is 6.26 Å². The van der Waals surface area contributed by atoms with Crippen molar-refractivity contribution in [1.82, 2.24) is 0 Å². The van der Waals surface area contributed by atoms with E-state index < -0.39 is 9.84 Å². The molecule has 0 unspecified atom stereocenters. The van der Waals surface area contributed by atoms with Crippen LogP contribution in [0, 0.1) is 5.41 Å². The summed E-state index contributed by atoms with van der Waals surface area (Å²) >= 11 is 0. The number of hydrogen-bond donors (Lipinski definition) is 1. The van der Waals surface area contributed by atoms with E-state index >= 15 is 0 Å². The van der Waals surface area contributed by atoms with E-state index in [0.29, 0.717) is 12.3 Å². The van der Waals surface area contributed by atoms with Crippen LogP contribution in [0.1, 0.15) is 19.3 Å². The summed E-state index contributed by atoms with van der Waals surface area (Å²) < 4.78 is 21.8. The average Bonchev–Trinajstić information content (AvgIpc) is 2.44. The summed E-state index contributed by atoms with van der Waals surface area (Å²) in [5, 5.41) is 0. The van der Waals surface area contributed by atoms with E-state index in [-0.39, 0.29) is 17.8 Å². The van der Waals surface area contributed by atoms with Crippen molar-refractivity contribution in [3.8, 4) is 0 Å². The second kappa shape index (κ2) is 3.94. The number of hydrogen-bond acceptors (Lipinski definition) is 3. The Bertz CT molecular complexity index is 234. The topological polar surface area (TPSA) is 60.2 Å². The van der Waals surface area contributed by atoms with Crippen molar-refractivity contribution in [3.05, 3.63) is 0 Å². The van der Waals surface area contributed by atoms with Gasteiger partial charge in [-0.15, -0.1) is 12.4 Å². The molecule has 0 spiro atoms. The fourth-order valence-electron chi connectivity index (χ4n) is 1.51. The second-order valence-electron chi connectivity index (χ2n) is 3.61. The highest BCUT2D eigenvalue weighted by Crippen LogP contribution is 2.49. The Kier molecular flexibility index (Phi) is 4.00. The maximum Gasteiger partial charge on any atom is 0.148 e. The molecule has 5 heteroatoms. The minimum atomic E-state index is -2.80. The molecule has 0 saturated heterocycles. The van der Waals surface area contributed by atoms with Crippen LogP contribution in [0.2, 0.25) is 0 Å². The van der Waals surface area contributed by atoms with Gasteiger partial charge in [-0.1, -0.05) is 0 Å². The molecule has 1 saturated carbocycles. The van der Waals surface area contributed by atoms with E-state index in [1.807, 2.05) is 0 Å². The van der Waals surface area contributed by atoms with Crippen LogP contribution in [0.3, 0.4) is 0 Å². The molecule has 0 aromatic carbocycles. The van der Waals surface area contributed by atoms with Crippen LogP contribution in [0.15, 0.2) is 0 Å². The van der Waals surface area contributed by atoms with Crippen molar-refractivity contribution >= 4 is 22.2 Å². The summed E-state index contributed by atoms with van der Waals surface area (Å²) in [5.41, 5.74) is 5.45. The first-order valence-corrected chi connectivity index (χ1v) is 5.91. The van der Waals surface area contributed by atoms with Gasteiger partial charge in [0.25, 0.3) is 0 Å². The molecule has 0 atom stereocenters. The zero-order valence-corrected chi connectivity index (χ0v) is 8.88. The maximum atomic E-state index is 10.9. The predicted molar refractivity (Wildman–Crippen MR) is 52.3 cm³/mol. The van der Waals surface area contributed by atoms with Crippen molar-refractivity contribution in [2.75, 3.05) is 18.6 Å². The Labute approximate surface area is 80.0 Å². The van der Waals surface area contributed by atoms with E-state index in [0.717, 1.165) is 19.3 Å². The first-order valence-electron chi connectivity index (χ1n) is 3.85. The molecular formula is C7H16ClNO2S. The van der Waals surface area contributed by atoms with E-state index in [9.17, 15) is 8.42 Å². The normalized spacial score (nSPS) is 19.8. The fourth-order valence-corrected chi connectivity index (χ4v) is 3.05. The van der Waals surface area contributed by atoms with Crippen molar-refractivity contribution in [2.45, 2.75) is 19.3 Å². The third-order valence-electron chi connectivity index (χ3n) is 2.20. The van der Waals surface area contributed by atoms with Gasteiger partial charge in [0.2, 0.25) is 0 Å².